The summed E-state index contributed by atoms with van der Waals surface area (Å²) in [7, 11) is -14.5. The summed E-state index contributed by atoms with van der Waals surface area (Å²) in [6, 6.07) is 40.5. The van der Waals surface area contributed by atoms with Crippen LogP contribution in [0.4, 0.5) is 34.1 Å². The molecule has 0 aliphatic rings. The largest absolute Gasteiger partial charge is 2.00 e. The van der Waals surface area contributed by atoms with E-state index in [4.69, 9.17) is 0 Å². The predicted molar refractivity (Wildman–Crippen MR) is 305 cm³/mol. The SMILES string of the molecule is Cc1ccc(N=Nc2c(O)c(C(=O)[O-])cc3ccccc23)c(S(=O)(=O)[O-])c1.Cc1ccc(N=Nc2c([O-])c(C(=O)O)cc3ccccc23)c(S(=O)(=O)[O-])c1.O=C(O)c1cc2ccccc2c(N=Nc2ccc3ccccc3c2S(=O)(=O)[O-])c1[O-].[Ca+2].[Ca+2].[Na+].[Na+]. The van der Waals surface area contributed by atoms with E-state index >= 15 is 0 Å². The summed E-state index contributed by atoms with van der Waals surface area (Å²) < 4.78 is 104. The van der Waals surface area contributed by atoms with Gasteiger partial charge in [-0.15, -0.1) is 20.5 Å². The number of aryl methyl sites for hydroxylation is 2. The summed E-state index contributed by atoms with van der Waals surface area (Å²) in [5.41, 5.74) is -1.77. The van der Waals surface area contributed by atoms with Crippen molar-refractivity contribution >= 4 is 201 Å². The summed E-state index contributed by atoms with van der Waals surface area (Å²) in [6.07, 6.45) is 0. The number of hydrogen-bond acceptors (Lipinski definition) is 22. The summed E-state index contributed by atoms with van der Waals surface area (Å²) >= 11 is 0. The van der Waals surface area contributed by atoms with Crippen LogP contribution in [0.25, 0.3) is 43.1 Å². The molecule has 0 aromatic heterocycles. The van der Waals surface area contributed by atoms with Gasteiger partial charge in [-0.25, -0.2) is 34.8 Å². The number of aromatic carboxylic acids is 3. The molecular formula is C57H36Ca2N6Na2O18S3. The van der Waals surface area contributed by atoms with Crippen molar-refractivity contribution in [3.05, 3.63) is 192 Å². The number of phenols is 1. The van der Waals surface area contributed by atoms with Crippen molar-refractivity contribution in [3.63, 3.8) is 0 Å². The van der Waals surface area contributed by atoms with Gasteiger partial charge in [0.05, 0.1) is 43.2 Å². The molecule has 0 radical (unpaired) electrons. The Morgan fingerprint density at radius 3 is 1.11 bits per heavy atom. The van der Waals surface area contributed by atoms with E-state index in [0.29, 0.717) is 48.8 Å². The van der Waals surface area contributed by atoms with Gasteiger partial charge >= 0.3 is 147 Å². The average Bonchev–Trinajstić information content (AvgIpc) is 3.03. The van der Waals surface area contributed by atoms with Crippen molar-refractivity contribution < 1.29 is 143 Å². The first kappa shape index (κ1) is 74.6. The number of carboxylic acid groups (broad SMARTS) is 3. The molecule has 0 saturated carbocycles. The fourth-order valence-electron chi connectivity index (χ4n) is 8.40. The van der Waals surface area contributed by atoms with Crippen LogP contribution in [-0.2, 0) is 30.4 Å². The van der Waals surface area contributed by atoms with Gasteiger partial charge in [0.25, 0.3) is 0 Å². The van der Waals surface area contributed by atoms with Crippen molar-refractivity contribution in [2.75, 3.05) is 0 Å². The molecule has 10 aromatic rings. The minimum Gasteiger partial charge on any atom is -0.870 e. The van der Waals surface area contributed by atoms with Gasteiger partial charge in [-0.1, -0.05) is 127 Å². The fourth-order valence-corrected chi connectivity index (χ4v) is 10.6. The monoisotopic (exact) mass is 1310 g/mol. The van der Waals surface area contributed by atoms with Crippen LogP contribution in [0, 0.1) is 13.8 Å². The molecule has 0 heterocycles. The van der Waals surface area contributed by atoms with E-state index in [2.05, 4.69) is 30.7 Å². The summed E-state index contributed by atoms with van der Waals surface area (Å²) in [6.45, 7) is 3.22. The Bertz CT molecular complexity index is 4660. The summed E-state index contributed by atoms with van der Waals surface area (Å²) in [5.74, 6) is -6.83. The first-order valence-corrected chi connectivity index (χ1v) is 28.1. The molecule has 0 fully saturated rings. The molecule has 10 aromatic carbocycles. The van der Waals surface area contributed by atoms with Crippen molar-refractivity contribution in [3.8, 4) is 17.2 Å². The van der Waals surface area contributed by atoms with Gasteiger partial charge in [-0.2, -0.15) is 10.2 Å². The van der Waals surface area contributed by atoms with Crippen molar-refractivity contribution in [2.24, 2.45) is 30.7 Å². The van der Waals surface area contributed by atoms with Crippen LogP contribution < -0.4 is 74.4 Å². The minimum absolute atomic E-state index is 0. The van der Waals surface area contributed by atoms with Gasteiger partial charge in [0.1, 0.15) is 53.1 Å². The van der Waals surface area contributed by atoms with Crippen molar-refractivity contribution in [1.29, 1.82) is 0 Å². The van der Waals surface area contributed by atoms with Crippen LogP contribution in [0.3, 0.4) is 0 Å². The maximum absolute atomic E-state index is 12.6. The third kappa shape index (κ3) is 17.3. The average molecular weight is 1320 g/mol. The zero-order chi connectivity index (χ0) is 61.0. The van der Waals surface area contributed by atoms with Gasteiger partial charge in [0, 0.05) is 27.1 Å². The number of hydrogen-bond donors (Lipinski definition) is 3. The van der Waals surface area contributed by atoms with Gasteiger partial charge < -0.3 is 49.1 Å². The molecular weight excluding hydrogens is 1280 g/mol. The van der Waals surface area contributed by atoms with E-state index < -0.39 is 96.9 Å². The van der Waals surface area contributed by atoms with Crippen LogP contribution in [0.2, 0.25) is 0 Å². The molecule has 0 amide bonds. The summed E-state index contributed by atoms with van der Waals surface area (Å²) in [4.78, 5) is 32.3. The number of carboxylic acids is 3. The number of carbonyl (C=O) groups excluding carboxylic acids is 1. The number of carbonyl (C=O) groups is 3. The smallest absolute Gasteiger partial charge is 0.870 e. The Morgan fingerprint density at radius 2 is 0.739 bits per heavy atom. The van der Waals surface area contributed by atoms with Gasteiger partial charge in [0.15, 0.2) is 5.75 Å². The number of benzene rings is 10. The third-order valence-electron chi connectivity index (χ3n) is 12.3. The van der Waals surface area contributed by atoms with Gasteiger partial charge in [-0.3, -0.25) is 0 Å². The quantitative estimate of drug-likeness (QED) is 0.0898. The number of rotatable bonds is 12. The zero-order valence-electron chi connectivity index (χ0n) is 46.4. The predicted octanol–water partition coefficient (Wildman–Crippen LogP) is 3.11. The molecule has 31 heteroatoms. The third-order valence-corrected chi connectivity index (χ3v) is 14.9. The van der Waals surface area contributed by atoms with E-state index in [9.17, 15) is 83.9 Å². The van der Waals surface area contributed by atoms with E-state index in [1.54, 1.807) is 117 Å². The maximum Gasteiger partial charge on any atom is 2.00 e. The second kappa shape index (κ2) is 31.2. The molecule has 24 nitrogen and oxygen atoms in total. The Morgan fingerprint density at radius 1 is 0.409 bits per heavy atom. The normalized spacial score (nSPS) is 11.4. The Labute approximate surface area is 604 Å². The van der Waals surface area contributed by atoms with Crippen LogP contribution >= 0.6 is 0 Å². The van der Waals surface area contributed by atoms with E-state index in [0.717, 1.165) is 12.1 Å². The van der Waals surface area contributed by atoms with Gasteiger partial charge in [0.2, 0.25) is 0 Å². The molecule has 0 unspecified atom stereocenters. The molecule has 3 N–H and O–H groups in total. The van der Waals surface area contributed by atoms with Gasteiger partial charge in [-0.05, 0) is 95.1 Å². The van der Waals surface area contributed by atoms with Crippen molar-refractivity contribution in [2.45, 2.75) is 28.5 Å². The molecule has 0 spiro atoms. The first-order valence-electron chi connectivity index (χ1n) is 23.9. The zero-order valence-corrected chi connectivity index (χ0v) is 57.2. The van der Waals surface area contributed by atoms with E-state index in [-0.39, 0.29) is 174 Å². The van der Waals surface area contributed by atoms with Crippen LogP contribution in [0.15, 0.2) is 209 Å². The molecule has 88 heavy (non-hydrogen) atoms. The molecule has 426 valence electrons. The Kier molecular flexibility index (Phi) is 26.5. The Hall–Kier alpha value is -5.90. The second-order valence-corrected chi connectivity index (χ2v) is 21.9. The molecule has 0 aliphatic heterocycles. The maximum atomic E-state index is 12.6. The number of azo groups is 3. The van der Waals surface area contributed by atoms with Crippen molar-refractivity contribution in [1.82, 2.24) is 0 Å². The Balaban J connectivity index is 0.000000277. The molecule has 0 saturated heterocycles. The van der Waals surface area contributed by atoms with E-state index in [1.807, 2.05) is 0 Å². The molecule has 0 atom stereocenters. The topological polar surface area (TPSA) is 427 Å². The molecule has 10 rings (SSSR count). The van der Waals surface area contributed by atoms with Crippen LogP contribution in [-0.4, -0.2) is 148 Å². The number of nitrogens with zero attached hydrogens (tertiary/aromatic N) is 6. The first-order chi connectivity index (χ1) is 39.6. The molecule has 0 bridgehead atoms. The fraction of sp³-hybridized carbons (Fsp3) is 0.0351. The minimum atomic E-state index is -4.91. The van der Waals surface area contributed by atoms with Crippen LogP contribution in [0.5, 0.6) is 17.2 Å². The standard InChI is InChI=1S/C21H14N2O6S.2C18H14N2O6S.2Ca.2Na/c24-19-16(21(25)26)11-13-6-2-3-7-14(13)18(19)23-22-17-10-9-12-5-1-4-8-15(12)20(17)30(27,28)29;2*1-10-6-7-14(15(8-10)27(24,25)26)19-20-16-12-5-3-2-4-11(12)9-13(17(16)21)18(22)23;;;;/h1-11,24H,(H,25,26)(H,27,28,29);2*2-9,21H,1H3,(H,22,23)(H,24,25,26);;;;/q;;;2*+2;2*+1/p-6. The molecule has 0 aliphatic carbocycles. The van der Waals surface area contributed by atoms with E-state index in [1.165, 1.54) is 48.5 Å². The second-order valence-electron chi connectivity index (χ2n) is 17.9. The summed E-state index contributed by atoms with van der Waals surface area (Å²) in [5, 5.41) is 91.2. The number of fused-ring (bicyclic) bond motifs is 4. The van der Waals surface area contributed by atoms with Crippen LogP contribution in [0.1, 0.15) is 42.2 Å². The number of aromatic hydroxyl groups is 1.